The number of fused-ring (bicyclic) bond motifs is 4. The first kappa shape index (κ1) is 19.6. The first-order valence-electron chi connectivity index (χ1n) is 11.1. The van der Waals surface area contributed by atoms with E-state index in [4.69, 9.17) is 0 Å². The number of halogens is 1. The molecule has 1 unspecified atom stereocenters. The molecule has 0 bridgehead atoms. The van der Waals surface area contributed by atoms with Gasteiger partial charge in [-0.3, -0.25) is 0 Å². The summed E-state index contributed by atoms with van der Waals surface area (Å²) in [6.45, 7) is 4.60. The summed E-state index contributed by atoms with van der Waals surface area (Å²) >= 11 is 3.74. The van der Waals surface area contributed by atoms with Gasteiger partial charge in [0.15, 0.2) is 0 Å². The summed E-state index contributed by atoms with van der Waals surface area (Å²) in [5.41, 5.74) is 8.60. The maximum atomic E-state index is 3.74. The molecule has 1 aliphatic rings. The average Bonchev–Trinajstić information content (AvgIpc) is 3.02. The van der Waals surface area contributed by atoms with E-state index in [2.05, 4.69) is 109 Å². The summed E-state index contributed by atoms with van der Waals surface area (Å²) < 4.78 is 1.15. The second-order valence-electron chi connectivity index (χ2n) is 8.50. The fourth-order valence-electron chi connectivity index (χ4n) is 5.57. The molecule has 0 aliphatic heterocycles. The first-order chi connectivity index (χ1) is 14.7. The van der Waals surface area contributed by atoms with Crippen LogP contribution < -0.4 is 0 Å². The molecule has 0 saturated heterocycles. The van der Waals surface area contributed by atoms with Crippen molar-refractivity contribution in [1.82, 2.24) is 0 Å². The van der Waals surface area contributed by atoms with Crippen LogP contribution in [0.1, 0.15) is 55.4 Å². The van der Waals surface area contributed by atoms with E-state index in [1.165, 1.54) is 44.2 Å². The number of aryl methyl sites for hydroxylation is 1. The molecule has 1 aliphatic carbocycles. The molecule has 0 nitrogen and oxygen atoms in total. The van der Waals surface area contributed by atoms with Crippen LogP contribution in [0.15, 0.2) is 83.3 Å². The van der Waals surface area contributed by atoms with E-state index in [0.717, 1.165) is 30.2 Å². The van der Waals surface area contributed by atoms with Crippen LogP contribution in [0.3, 0.4) is 0 Å². The second-order valence-corrected chi connectivity index (χ2v) is 9.41. The Morgan fingerprint density at radius 3 is 2.13 bits per heavy atom. The van der Waals surface area contributed by atoms with Crippen LogP contribution in [-0.2, 0) is 11.8 Å². The summed E-state index contributed by atoms with van der Waals surface area (Å²) in [5, 5.41) is 2.65. The molecule has 1 heteroatoms. The predicted molar refractivity (Wildman–Crippen MR) is 132 cm³/mol. The summed E-state index contributed by atoms with van der Waals surface area (Å²) in [6, 6.07) is 29.7. The lowest BCUT2D eigenvalue weighted by Crippen LogP contribution is -2.28. The highest BCUT2D eigenvalue weighted by Gasteiger charge is 2.45. The quantitative estimate of drug-likeness (QED) is 0.282. The fourth-order valence-corrected chi connectivity index (χ4v) is 5.93. The topological polar surface area (TPSA) is 0 Å². The molecule has 0 heterocycles. The first-order valence-corrected chi connectivity index (χ1v) is 11.9. The monoisotopic (exact) mass is 454 g/mol. The third-order valence-corrected chi connectivity index (χ3v) is 7.19. The lowest BCUT2D eigenvalue weighted by Gasteiger charge is -2.35. The highest BCUT2D eigenvalue weighted by molar-refractivity contribution is 9.10. The van der Waals surface area contributed by atoms with E-state index < -0.39 is 0 Å². The van der Waals surface area contributed by atoms with Gasteiger partial charge in [0, 0.05) is 9.89 Å². The van der Waals surface area contributed by atoms with Crippen LogP contribution >= 0.6 is 15.9 Å². The molecule has 0 aromatic heterocycles. The Hall–Kier alpha value is -2.38. The minimum Gasteiger partial charge on any atom is -0.0653 e. The lowest BCUT2D eigenvalue weighted by molar-refractivity contribution is 0.557. The molecular formula is C29H27Br. The highest BCUT2D eigenvalue weighted by Crippen LogP contribution is 2.56. The number of hydrogen-bond donors (Lipinski definition) is 0. The molecule has 4 aromatic rings. The third kappa shape index (κ3) is 2.87. The van der Waals surface area contributed by atoms with Gasteiger partial charge in [0.1, 0.15) is 0 Å². The zero-order chi connectivity index (χ0) is 20.7. The Labute approximate surface area is 188 Å². The van der Waals surface area contributed by atoms with Gasteiger partial charge in [-0.2, -0.15) is 0 Å². The summed E-state index contributed by atoms with van der Waals surface area (Å²) in [4.78, 5) is 0. The molecule has 0 spiro atoms. The second kappa shape index (κ2) is 7.71. The molecule has 30 heavy (non-hydrogen) atoms. The van der Waals surface area contributed by atoms with Crippen molar-refractivity contribution >= 4 is 26.7 Å². The Bertz CT molecular complexity index is 1240. The zero-order valence-corrected chi connectivity index (χ0v) is 19.3. The fraction of sp³-hybridized carbons (Fsp3) is 0.241. The molecule has 150 valence electrons. The van der Waals surface area contributed by atoms with Crippen LogP contribution in [-0.4, -0.2) is 0 Å². The summed E-state index contributed by atoms with van der Waals surface area (Å²) in [7, 11) is 0. The van der Waals surface area contributed by atoms with Crippen molar-refractivity contribution in [2.75, 3.05) is 0 Å². The number of benzene rings is 4. The molecule has 0 saturated carbocycles. The van der Waals surface area contributed by atoms with Gasteiger partial charge in [0.2, 0.25) is 0 Å². The van der Waals surface area contributed by atoms with E-state index >= 15 is 0 Å². The van der Waals surface area contributed by atoms with Gasteiger partial charge in [0.25, 0.3) is 0 Å². The summed E-state index contributed by atoms with van der Waals surface area (Å²) in [6.07, 6.45) is 4.54. The van der Waals surface area contributed by atoms with E-state index in [1.807, 2.05) is 0 Å². The largest absolute Gasteiger partial charge is 0.0653 e. The van der Waals surface area contributed by atoms with Gasteiger partial charge in [0.05, 0.1) is 0 Å². The SMILES string of the molecule is CCCc1ccccc1C1(CCC)c2ccc(Br)cc2-c2cc3ccccc3cc21. The van der Waals surface area contributed by atoms with Crippen molar-refractivity contribution in [1.29, 1.82) is 0 Å². The van der Waals surface area contributed by atoms with Gasteiger partial charge < -0.3 is 0 Å². The van der Waals surface area contributed by atoms with Crippen molar-refractivity contribution in [3.63, 3.8) is 0 Å². The third-order valence-electron chi connectivity index (χ3n) is 6.70. The van der Waals surface area contributed by atoms with Crippen LogP contribution in [0.4, 0.5) is 0 Å². The van der Waals surface area contributed by atoms with Crippen LogP contribution in [0.5, 0.6) is 0 Å². The number of rotatable bonds is 5. The normalized spacial score (nSPS) is 17.2. The van der Waals surface area contributed by atoms with Crippen LogP contribution in [0.25, 0.3) is 21.9 Å². The number of hydrogen-bond acceptors (Lipinski definition) is 0. The highest BCUT2D eigenvalue weighted by atomic mass is 79.9. The van der Waals surface area contributed by atoms with E-state index in [9.17, 15) is 0 Å². The Kier molecular flexibility index (Phi) is 5.03. The maximum Gasteiger partial charge on any atom is 0.0466 e. The average molecular weight is 455 g/mol. The summed E-state index contributed by atoms with van der Waals surface area (Å²) in [5.74, 6) is 0. The Morgan fingerprint density at radius 2 is 1.37 bits per heavy atom. The Balaban J connectivity index is 1.92. The molecule has 0 amide bonds. The lowest BCUT2D eigenvalue weighted by atomic mass is 9.67. The van der Waals surface area contributed by atoms with Crippen LogP contribution in [0, 0.1) is 0 Å². The minimum atomic E-state index is -0.0874. The predicted octanol–water partition coefficient (Wildman–Crippen LogP) is 8.67. The zero-order valence-electron chi connectivity index (χ0n) is 17.7. The molecule has 1 atom stereocenters. The van der Waals surface area contributed by atoms with Crippen molar-refractivity contribution in [3.8, 4) is 11.1 Å². The van der Waals surface area contributed by atoms with Gasteiger partial charge in [-0.05, 0) is 81.3 Å². The standard InChI is InChI=1S/C29H27Br/c1-3-9-20-10-7-8-13-26(20)29(16-4-2)27-15-14-23(30)19-25(27)24-17-21-11-5-6-12-22(21)18-28(24)29/h5-8,10-15,17-19H,3-4,9,16H2,1-2H3. The molecule has 0 radical (unpaired) electrons. The van der Waals surface area contributed by atoms with E-state index in [1.54, 1.807) is 0 Å². The van der Waals surface area contributed by atoms with Gasteiger partial charge in [-0.1, -0.05) is 97.2 Å². The van der Waals surface area contributed by atoms with Crippen molar-refractivity contribution in [2.24, 2.45) is 0 Å². The molecule has 4 aromatic carbocycles. The Morgan fingerprint density at radius 1 is 0.667 bits per heavy atom. The molecule has 0 fully saturated rings. The molecular weight excluding hydrogens is 428 g/mol. The van der Waals surface area contributed by atoms with Gasteiger partial charge in [-0.15, -0.1) is 0 Å². The smallest absolute Gasteiger partial charge is 0.0466 e. The van der Waals surface area contributed by atoms with Crippen molar-refractivity contribution in [3.05, 3.63) is 106 Å². The maximum absolute atomic E-state index is 3.74. The molecule has 0 N–H and O–H groups in total. The van der Waals surface area contributed by atoms with Crippen LogP contribution in [0.2, 0.25) is 0 Å². The van der Waals surface area contributed by atoms with E-state index in [0.29, 0.717) is 0 Å². The molecule has 5 rings (SSSR count). The minimum absolute atomic E-state index is 0.0874. The van der Waals surface area contributed by atoms with Crippen molar-refractivity contribution in [2.45, 2.75) is 44.9 Å². The van der Waals surface area contributed by atoms with Gasteiger partial charge >= 0.3 is 0 Å². The van der Waals surface area contributed by atoms with E-state index in [-0.39, 0.29) is 5.41 Å². The van der Waals surface area contributed by atoms with Crippen molar-refractivity contribution < 1.29 is 0 Å². The van der Waals surface area contributed by atoms with Gasteiger partial charge in [-0.25, -0.2) is 0 Å².